The number of piperidine rings is 1. The van der Waals surface area contributed by atoms with Crippen LogP contribution in [-0.4, -0.2) is 50.7 Å². The van der Waals surface area contributed by atoms with E-state index in [1.54, 1.807) is 0 Å². The van der Waals surface area contributed by atoms with Crippen molar-refractivity contribution < 1.29 is 13.2 Å². The first-order valence-electron chi connectivity index (χ1n) is 9.81. The highest BCUT2D eigenvalue weighted by Crippen LogP contribution is 2.59. The predicted octanol–water partition coefficient (Wildman–Crippen LogP) is 1.93. The summed E-state index contributed by atoms with van der Waals surface area (Å²) >= 11 is 0. The molecule has 0 spiro atoms. The first-order chi connectivity index (χ1) is 11.8. The van der Waals surface area contributed by atoms with Crippen molar-refractivity contribution >= 4 is 16.1 Å². The number of carbonyl (C=O) groups excluding carboxylic acids is 1. The van der Waals surface area contributed by atoms with Gasteiger partial charge in [-0.05, 0) is 74.5 Å². The summed E-state index contributed by atoms with van der Waals surface area (Å²) in [5.74, 6) is 2.70. The first-order valence-corrected chi connectivity index (χ1v) is 11.7. The Morgan fingerprint density at radius 2 is 1.56 bits per heavy atom. The lowest BCUT2D eigenvalue weighted by atomic mass is 9.49. The Kier molecular flexibility index (Phi) is 4.51. The van der Waals surface area contributed by atoms with Crippen LogP contribution in [0.2, 0.25) is 0 Å². The number of sulfonamides is 1. The number of nitrogens with zero attached hydrogens (tertiary/aromatic N) is 1. The number of nitrogens with one attached hydrogen (secondary N) is 2. The standard InChI is InChI=1S/C18H31N3O3S/c1-25(23,24)21-4-2-16(3-5-21)20-17(22)19-12-18-9-13-6-14(10-18)8-15(7-13)11-18/h13-16H,2-12H2,1H3,(H2,19,20,22). The highest BCUT2D eigenvalue weighted by Gasteiger charge is 2.50. The van der Waals surface area contributed by atoms with Crippen molar-refractivity contribution in [3.8, 4) is 0 Å². The Morgan fingerprint density at radius 3 is 2.04 bits per heavy atom. The van der Waals surface area contributed by atoms with Crippen LogP contribution in [0.4, 0.5) is 4.79 Å². The van der Waals surface area contributed by atoms with Gasteiger partial charge >= 0.3 is 6.03 Å². The Bertz CT molecular complexity index is 590. The van der Waals surface area contributed by atoms with Gasteiger partial charge < -0.3 is 10.6 Å². The summed E-state index contributed by atoms with van der Waals surface area (Å²) in [5, 5.41) is 6.20. The van der Waals surface area contributed by atoms with Crippen molar-refractivity contribution in [2.45, 2.75) is 57.4 Å². The number of hydrogen-bond acceptors (Lipinski definition) is 3. The van der Waals surface area contributed by atoms with Crippen molar-refractivity contribution in [2.75, 3.05) is 25.9 Å². The molecule has 5 aliphatic rings. The number of carbonyl (C=O) groups is 1. The van der Waals surface area contributed by atoms with E-state index < -0.39 is 10.0 Å². The number of rotatable bonds is 4. The van der Waals surface area contributed by atoms with E-state index >= 15 is 0 Å². The fourth-order valence-corrected chi connectivity index (χ4v) is 7.22. The molecule has 1 aliphatic heterocycles. The molecule has 0 aromatic rings. The predicted molar refractivity (Wildman–Crippen MR) is 96.6 cm³/mol. The Hall–Kier alpha value is -0.820. The maximum Gasteiger partial charge on any atom is 0.315 e. The molecule has 0 aromatic heterocycles. The van der Waals surface area contributed by atoms with E-state index in [0.717, 1.165) is 24.3 Å². The van der Waals surface area contributed by atoms with E-state index in [9.17, 15) is 13.2 Å². The molecule has 4 aliphatic carbocycles. The van der Waals surface area contributed by atoms with Crippen LogP contribution >= 0.6 is 0 Å². The molecule has 5 rings (SSSR count). The lowest BCUT2D eigenvalue weighted by molar-refractivity contribution is -0.0498. The SMILES string of the molecule is CS(=O)(=O)N1CCC(NC(=O)NCC23CC4CC(CC(C4)C2)C3)CC1. The van der Waals surface area contributed by atoms with Crippen LogP contribution in [0, 0.1) is 23.2 Å². The van der Waals surface area contributed by atoms with E-state index in [2.05, 4.69) is 10.6 Å². The second kappa shape index (κ2) is 6.41. The fourth-order valence-electron chi connectivity index (χ4n) is 6.34. The molecule has 5 fully saturated rings. The van der Waals surface area contributed by atoms with Gasteiger partial charge in [-0.15, -0.1) is 0 Å². The summed E-state index contributed by atoms with van der Waals surface area (Å²) in [7, 11) is -3.11. The number of urea groups is 1. The first kappa shape index (κ1) is 17.6. The molecule has 2 N–H and O–H groups in total. The van der Waals surface area contributed by atoms with Crippen molar-refractivity contribution in [2.24, 2.45) is 23.2 Å². The van der Waals surface area contributed by atoms with Gasteiger partial charge in [-0.1, -0.05) is 0 Å². The Balaban J connectivity index is 1.24. The molecule has 1 heterocycles. The van der Waals surface area contributed by atoms with E-state index in [-0.39, 0.29) is 12.1 Å². The van der Waals surface area contributed by atoms with E-state index in [1.807, 2.05) is 0 Å². The fraction of sp³-hybridized carbons (Fsp3) is 0.944. The molecule has 7 heteroatoms. The monoisotopic (exact) mass is 369 g/mol. The molecular weight excluding hydrogens is 338 g/mol. The van der Waals surface area contributed by atoms with Gasteiger partial charge in [0.25, 0.3) is 0 Å². The second-order valence-electron chi connectivity index (χ2n) is 9.18. The summed E-state index contributed by atoms with van der Waals surface area (Å²) in [4.78, 5) is 12.3. The van der Waals surface area contributed by atoms with Crippen LogP contribution in [0.5, 0.6) is 0 Å². The average molecular weight is 370 g/mol. The molecule has 2 amide bonds. The molecule has 4 bridgehead atoms. The third-order valence-electron chi connectivity index (χ3n) is 7.05. The van der Waals surface area contributed by atoms with Crippen LogP contribution in [0.15, 0.2) is 0 Å². The minimum atomic E-state index is -3.11. The minimum Gasteiger partial charge on any atom is -0.338 e. The molecule has 1 saturated heterocycles. The zero-order chi connectivity index (χ0) is 17.7. The molecule has 6 nitrogen and oxygen atoms in total. The van der Waals surface area contributed by atoms with Gasteiger partial charge in [0.05, 0.1) is 6.26 Å². The number of amides is 2. The molecule has 0 aromatic carbocycles. The zero-order valence-corrected chi connectivity index (χ0v) is 16.0. The summed E-state index contributed by atoms with van der Waals surface area (Å²) < 4.78 is 24.6. The largest absolute Gasteiger partial charge is 0.338 e. The van der Waals surface area contributed by atoms with Crippen LogP contribution in [0.3, 0.4) is 0 Å². The highest BCUT2D eigenvalue weighted by molar-refractivity contribution is 7.88. The van der Waals surface area contributed by atoms with Gasteiger partial charge in [-0.3, -0.25) is 0 Å². The smallest absolute Gasteiger partial charge is 0.315 e. The summed E-state index contributed by atoms with van der Waals surface area (Å²) in [5.41, 5.74) is 0.353. The van der Waals surface area contributed by atoms with Gasteiger partial charge in [0.15, 0.2) is 0 Å². The molecule has 4 saturated carbocycles. The van der Waals surface area contributed by atoms with E-state index in [4.69, 9.17) is 0 Å². The Morgan fingerprint density at radius 1 is 1.04 bits per heavy atom. The van der Waals surface area contributed by atoms with Crippen molar-refractivity contribution in [1.29, 1.82) is 0 Å². The highest BCUT2D eigenvalue weighted by atomic mass is 32.2. The molecule has 0 unspecified atom stereocenters. The minimum absolute atomic E-state index is 0.0754. The van der Waals surface area contributed by atoms with Gasteiger partial charge in [0.2, 0.25) is 10.0 Å². The van der Waals surface area contributed by atoms with E-state index in [1.165, 1.54) is 49.1 Å². The summed E-state index contributed by atoms with van der Waals surface area (Å²) in [6.45, 7) is 1.81. The van der Waals surface area contributed by atoms with Crippen LogP contribution in [0.25, 0.3) is 0 Å². The molecule has 25 heavy (non-hydrogen) atoms. The average Bonchev–Trinajstić information content (AvgIpc) is 2.51. The maximum atomic E-state index is 12.3. The van der Waals surface area contributed by atoms with Gasteiger partial charge in [-0.25, -0.2) is 17.5 Å². The summed E-state index contributed by atoms with van der Waals surface area (Å²) in [6.07, 6.45) is 10.8. The Labute approximate surface area is 151 Å². The molecule has 142 valence electrons. The molecule has 0 atom stereocenters. The molecular formula is C18H31N3O3S. The van der Waals surface area contributed by atoms with E-state index in [0.29, 0.717) is 31.3 Å². The van der Waals surface area contributed by atoms with Crippen LogP contribution in [0.1, 0.15) is 51.4 Å². The lowest BCUT2D eigenvalue weighted by Gasteiger charge is -2.56. The topological polar surface area (TPSA) is 78.5 Å². The maximum absolute atomic E-state index is 12.3. The third-order valence-corrected chi connectivity index (χ3v) is 8.35. The van der Waals surface area contributed by atoms with Crippen molar-refractivity contribution in [3.63, 3.8) is 0 Å². The van der Waals surface area contributed by atoms with Crippen LogP contribution in [-0.2, 0) is 10.0 Å². The van der Waals surface area contributed by atoms with Gasteiger partial charge in [-0.2, -0.15) is 0 Å². The van der Waals surface area contributed by atoms with Crippen LogP contribution < -0.4 is 10.6 Å². The van der Waals surface area contributed by atoms with Crippen molar-refractivity contribution in [3.05, 3.63) is 0 Å². The van der Waals surface area contributed by atoms with Gasteiger partial charge in [0, 0.05) is 25.7 Å². The normalized spacial score (nSPS) is 38.7. The third kappa shape index (κ3) is 3.82. The second-order valence-corrected chi connectivity index (χ2v) is 11.2. The van der Waals surface area contributed by atoms with Crippen molar-refractivity contribution in [1.82, 2.24) is 14.9 Å². The quantitative estimate of drug-likeness (QED) is 0.795. The zero-order valence-electron chi connectivity index (χ0n) is 15.2. The molecule has 0 radical (unpaired) electrons. The summed E-state index contributed by atoms with van der Waals surface area (Å²) in [6, 6.07) is 0.00270. The number of hydrogen-bond donors (Lipinski definition) is 2. The lowest BCUT2D eigenvalue weighted by Crippen LogP contribution is -2.54. The van der Waals surface area contributed by atoms with Gasteiger partial charge in [0.1, 0.15) is 0 Å².